The van der Waals surface area contributed by atoms with Crippen LogP contribution in [-0.2, 0) is 0 Å². The highest BCUT2D eigenvalue weighted by Crippen LogP contribution is 2.27. The average molecular weight is 242 g/mol. The second-order valence-electron chi connectivity index (χ2n) is 5.04. The summed E-state index contributed by atoms with van der Waals surface area (Å²) in [6, 6.07) is 9.19. The third-order valence-corrected chi connectivity index (χ3v) is 3.51. The SMILES string of the molecule is CCNC(C)CC(C)c1cccc2cnccc12. The van der Waals surface area contributed by atoms with E-state index in [0.717, 1.165) is 13.0 Å². The lowest BCUT2D eigenvalue weighted by atomic mass is 9.91. The Labute approximate surface area is 109 Å². The summed E-state index contributed by atoms with van der Waals surface area (Å²) in [4.78, 5) is 4.19. The fourth-order valence-electron chi connectivity index (χ4n) is 2.67. The molecule has 2 heteroatoms. The van der Waals surface area contributed by atoms with Gasteiger partial charge in [-0.05, 0) is 42.8 Å². The normalized spacial score (nSPS) is 14.6. The molecule has 2 atom stereocenters. The van der Waals surface area contributed by atoms with Gasteiger partial charge in [-0.25, -0.2) is 0 Å². The number of benzene rings is 1. The van der Waals surface area contributed by atoms with Crippen LogP contribution in [0.1, 0.15) is 38.7 Å². The van der Waals surface area contributed by atoms with Gasteiger partial charge in [0.05, 0.1) is 0 Å². The predicted octanol–water partition coefficient (Wildman–Crippen LogP) is 3.73. The van der Waals surface area contributed by atoms with Gasteiger partial charge in [-0.3, -0.25) is 4.98 Å². The molecule has 2 rings (SSSR count). The molecule has 2 nitrogen and oxygen atoms in total. The second-order valence-corrected chi connectivity index (χ2v) is 5.04. The topological polar surface area (TPSA) is 24.9 Å². The van der Waals surface area contributed by atoms with Gasteiger partial charge in [-0.1, -0.05) is 32.0 Å². The van der Waals surface area contributed by atoms with Gasteiger partial charge in [0, 0.05) is 23.8 Å². The molecule has 1 heterocycles. The van der Waals surface area contributed by atoms with Gasteiger partial charge in [0.25, 0.3) is 0 Å². The zero-order chi connectivity index (χ0) is 13.0. The Morgan fingerprint density at radius 2 is 2.06 bits per heavy atom. The van der Waals surface area contributed by atoms with Gasteiger partial charge in [0.2, 0.25) is 0 Å². The van der Waals surface area contributed by atoms with Crippen LogP contribution in [0.4, 0.5) is 0 Å². The van der Waals surface area contributed by atoms with Gasteiger partial charge < -0.3 is 5.32 Å². The van der Waals surface area contributed by atoms with Crippen molar-refractivity contribution < 1.29 is 0 Å². The van der Waals surface area contributed by atoms with Crippen molar-refractivity contribution in [2.24, 2.45) is 0 Å². The van der Waals surface area contributed by atoms with Gasteiger partial charge in [0.1, 0.15) is 0 Å². The van der Waals surface area contributed by atoms with Crippen molar-refractivity contribution in [1.82, 2.24) is 10.3 Å². The number of nitrogens with one attached hydrogen (secondary N) is 1. The van der Waals surface area contributed by atoms with Crippen molar-refractivity contribution in [3.8, 4) is 0 Å². The molecule has 0 fully saturated rings. The first-order valence-electron chi connectivity index (χ1n) is 6.78. The Morgan fingerprint density at radius 3 is 2.83 bits per heavy atom. The molecular formula is C16H22N2. The molecule has 0 aliphatic heterocycles. The third kappa shape index (κ3) is 2.88. The van der Waals surface area contributed by atoms with Crippen LogP contribution >= 0.6 is 0 Å². The van der Waals surface area contributed by atoms with Gasteiger partial charge in [-0.15, -0.1) is 0 Å². The maximum absolute atomic E-state index is 4.19. The molecule has 2 aromatic rings. The Hall–Kier alpha value is -1.41. The third-order valence-electron chi connectivity index (χ3n) is 3.51. The van der Waals surface area contributed by atoms with Crippen LogP contribution in [0.5, 0.6) is 0 Å². The summed E-state index contributed by atoms with van der Waals surface area (Å²) in [5.74, 6) is 0.560. The highest BCUT2D eigenvalue weighted by atomic mass is 14.9. The highest BCUT2D eigenvalue weighted by molar-refractivity contribution is 5.85. The Bertz CT molecular complexity index is 502. The monoisotopic (exact) mass is 242 g/mol. The Kier molecular flexibility index (Phi) is 4.32. The number of rotatable bonds is 5. The zero-order valence-electron chi connectivity index (χ0n) is 11.5. The van der Waals surface area contributed by atoms with E-state index >= 15 is 0 Å². The lowest BCUT2D eigenvalue weighted by Crippen LogP contribution is -2.26. The van der Waals surface area contributed by atoms with Crippen LogP contribution in [0.15, 0.2) is 36.7 Å². The van der Waals surface area contributed by atoms with Crippen LogP contribution in [0, 0.1) is 0 Å². The number of aromatic nitrogens is 1. The molecule has 0 amide bonds. The molecule has 18 heavy (non-hydrogen) atoms. The van der Waals surface area contributed by atoms with Crippen molar-refractivity contribution in [3.05, 3.63) is 42.2 Å². The number of pyridine rings is 1. The Balaban J connectivity index is 2.24. The first-order chi connectivity index (χ1) is 8.72. The van der Waals surface area contributed by atoms with E-state index in [1.165, 1.54) is 16.3 Å². The molecule has 0 saturated carbocycles. The van der Waals surface area contributed by atoms with Crippen LogP contribution in [0.2, 0.25) is 0 Å². The lowest BCUT2D eigenvalue weighted by Gasteiger charge is -2.19. The lowest BCUT2D eigenvalue weighted by molar-refractivity contribution is 0.492. The predicted molar refractivity (Wildman–Crippen MR) is 77.9 cm³/mol. The standard InChI is InChI=1S/C16H22N2/c1-4-18-13(3)10-12(2)15-7-5-6-14-11-17-9-8-16(14)15/h5-9,11-13,18H,4,10H2,1-3H3. The largest absolute Gasteiger partial charge is 0.315 e. The number of fused-ring (bicyclic) bond motifs is 1. The Morgan fingerprint density at radius 1 is 1.22 bits per heavy atom. The van der Waals surface area contributed by atoms with E-state index in [4.69, 9.17) is 0 Å². The number of hydrogen-bond donors (Lipinski definition) is 1. The summed E-state index contributed by atoms with van der Waals surface area (Å²) in [5.41, 5.74) is 1.43. The van der Waals surface area contributed by atoms with Crippen molar-refractivity contribution in [1.29, 1.82) is 0 Å². The van der Waals surface area contributed by atoms with E-state index in [2.05, 4.69) is 55.3 Å². The molecule has 0 saturated heterocycles. The first kappa shape index (κ1) is 13.0. The van der Waals surface area contributed by atoms with Gasteiger partial charge in [-0.2, -0.15) is 0 Å². The van der Waals surface area contributed by atoms with Gasteiger partial charge >= 0.3 is 0 Å². The molecule has 0 radical (unpaired) electrons. The van der Waals surface area contributed by atoms with Crippen LogP contribution in [0.3, 0.4) is 0 Å². The molecule has 0 bridgehead atoms. The molecule has 0 spiro atoms. The molecule has 2 unspecified atom stereocenters. The van der Waals surface area contributed by atoms with E-state index in [9.17, 15) is 0 Å². The van der Waals surface area contributed by atoms with Crippen molar-refractivity contribution in [2.75, 3.05) is 6.54 Å². The van der Waals surface area contributed by atoms with E-state index in [1.807, 2.05) is 12.4 Å². The molecule has 1 aromatic carbocycles. The second kappa shape index (κ2) is 5.96. The molecule has 96 valence electrons. The fraction of sp³-hybridized carbons (Fsp3) is 0.438. The molecule has 1 aromatic heterocycles. The minimum Gasteiger partial charge on any atom is -0.315 e. The van der Waals surface area contributed by atoms with Crippen molar-refractivity contribution in [3.63, 3.8) is 0 Å². The molecule has 0 aliphatic rings. The smallest absolute Gasteiger partial charge is 0.0346 e. The van der Waals surface area contributed by atoms with Crippen LogP contribution in [-0.4, -0.2) is 17.6 Å². The molecule has 1 N–H and O–H groups in total. The fourth-order valence-corrected chi connectivity index (χ4v) is 2.67. The summed E-state index contributed by atoms with van der Waals surface area (Å²) >= 11 is 0. The summed E-state index contributed by atoms with van der Waals surface area (Å²) < 4.78 is 0. The average Bonchev–Trinajstić information content (AvgIpc) is 2.38. The van der Waals surface area contributed by atoms with Crippen LogP contribution in [0.25, 0.3) is 10.8 Å². The maximum Gasteiger partial charge on any atom is 0.0346 e. The number of nitrogens with zero attached hydrogens (tertiary/aromatic N) is 1. The van der Waals surface area contributed by atoms with Gasteiger partial charge in [0.15, 0.2) is 0 Å². The van der Waals surface area contributed by atoms with E-state index in [0.29, 0.717) is 12.0 Å². The minimum absolute atomic E-state index is 0.557. The minimum atomic E-state index is 0.557. The molecular weight excluding hydrogens is 220 g/mol. The molecule has 0 aliphatic carbocycles. The summed E-state index contributed by atoms with van der Waals surface area (Å²) in [5, 5.41) is 6.05. The quantitative estimate of drug-likeness (QED) is 0.864. The van der Waals surface area contributed by atoms with E-state index in [-0.39, 0.29) is 0 Å². The van der Waals surface area contributed by atoms with Crippen LogP contribution < -0.4 is 5.32 Å². The summed E-state index contributed by atoms with van der Waals surface area (Å²) in [6.07, 6.45) is 4.99. The van der Waals surface area contributed by atoms with E-state index in [1.54, 1.807) is 0 Å². The summed E-state index contributed by atoms with van der Waals surface area (Å²) in [6.45, 7) is 7.76. The van der Waals surface area contributed by atoms with Crippen molar-refractivity contribution >= 4 is 10.8 Å². The zero-order valence-corrected chi connectivity index (χ0v) is 11.5. The van der Waals surface area contributed by atoms with E-state index < -0.39 is 0 Å². The van der Waals surface area contributed by atoms with Crippen molar-refractivity contribution in [2.45, 2.75) is 39.2 Å². The summed E-state index contributed by atoms with van der Waals surface area (Å²) in [7, 11) is 0. The first-order valence-corrected chi connectivity index (χ1v) is 6.78. The maximum atomic E-state index is 4.19. The number of hydrogen-bond acceptors (Lipinski definition) is 2. The highest BCUT2D eigenvalue weighted by Gasteiger charge is 2.12.